The van der Waals surface area contributed by atoms with Gasteiger partial charge in [0.2, 0.25) is 0 Å². The fourth-order valence-electron chi connectivity index (χ4n) is 2.50. The van der Waals surface area contributed by atoms with Crippen molar-refractivity contribution in [1.82, 2.24) is 4.98 Å². The van der Waals surface area contributed by atoms with Gasteiger partial charge < -0.3 is 15.8 Å². The molecule has 0 atom stereocenters. The Morgan fingerprint density at radius 3 is 2.76 bits per heavy atom. The van der Waals surface area contributed by atoms with Crippen LogP contribution in [0.1, 0.15) is 26.7 Å². The minimum atomic E-state index is -0.764. The van der Waals surface area contributed by atoms with Gasteiger partial charge in [-0.2, -0.15) is 0 Å². The Balaban J connectivity index is 1.99. The molecule has 1 amide bonds. The quantitative estimate of drug-likeness (QED) is 0.912. The van der Waals surface area contributed by atoms with Crippen molar-refractivity contribution in [3.63, 3.8) is 0 Å². The van der Waals surface area contributed by atoms with E-state index in [1.54, 1.807) is 0 Å². The third-order valence-electron chi connectivity index (χ3n) is 3.91. The molecule has 0 aliphatic carbocycles. The number of anilines is 2. The van der Waals surface area contributed by atoms with Crippen molar-refractivity contribution in [1.29, 1.82) is 0 Å². The Labute approximate surface area is 127 Å². The van der Waals surface area contributed by atoms with E-state index in [1.807, 2.05) is 37.4 Å². The van der Waals surface area contributed by atoms with Gasteiger partial charge in [-0.15, -0.1) is 11.3 Å². The summed E-state index contributed by atoms with van der Waals surface area (Å²) in [5, 5.41) is 5.37. The molecule has 1 aliphatic rings. The molecular formula is C15H17N3O2S. The summed E-state index contributed by atoms with van der Waals surface area (Å²) in [7, 11) is 0. The van der Waals surface area contributed by atoms with Crippen molar-refractivity contribution in [2.24, 2.45) is 0 Å². The van der Waals surface area contributed by atoms with Gasteiger partial charge in [0, 0.05) is 10.9 Å². The molecule has 1 aromatic carbocycles. The van der Waals surface area contributed by atoms with E-state index in [0.717, 1.165) is 11.3 Å². The number of ether oxygens (including phenoxy) is 1. The second kappa shape index (κ2) is 5.04. The van der Waals surface area contributed by atoms with Crippen LogP contribution in [0.25, 0.3) is 11.3 Å². The average Bonchev–Trinajstić information content (AvgIpc) is 2.92. The fourth-order valence-corrected chi connectivity index (χ4v) is 3.08. The van der Waals surface area contributed by atoms with Gasteiger partial charge in [0.05, 0.1) is 11.4 Å². The lowest BCUT2D eigenvalue weighted by atomic mass is 9.94. The number of nitrogen functional groups attached to an aromatic ring is 1. The maximum absolute atomic E-state index is 12.3. The van der Waals surface area contributed by atoms with E-state index >= 15 is 0 Å². The summed E-state index contributed by atoms with van der Waals surface area (Å²) in [6, 6.07) is 5.68. The van der Waals surface area contributed by atoms with E-state index in [1.165, 1.54) is 11.3 Å². The van der Waals surface area contributed by atoms with Gasteiger partial charge in [0.1, 0.15) is 5.75 Å². The van der Waals surface area contributed by atoms with E-state index < -0.39 is 5.60 Å². The minimum Gasteiger partial charge on any atom is -0.475 e. The molecule has 0 saturated heterocycles. The lowest BCUT2D eigenvalue weighted by Crippen LogP contribution is -2.49. The summed E-state index contributed by atoms with van der Waals surface area (Å²) in [6.45, 7) is 3.92. The van der Waals surface area contributed by atoms with Gasteiger partial charge in [-0.1, -0.05) is 13.8 Å². The zero-order valence-corrected chi connectivity index (χ0v) is 12.8. The average molecular weight is 303 g/mol. The van der Waals surface area contributed by atoms with Gasteiger partial charge in [-0.25, -0.2) is 4.98 Å². The van der Waals surface area contributed by atoms with Crippen LogP contribution in [0.3, 0.4) is 0 Å². The summed E-state index contributed by atoms with van der Waals surface area (Å²) in [4.78, 5) is 16.6. The summed E-state index contributed by atoms with van der Waals surface area (Å²) in [6.07, 6.45) is 1.28. The number of nitrogens with one attached hydrogen (secondary N) is 1. The Hall–Kier alpha value is -2.08. The second-order valence-electron chi connectivity index (χ2n) is 5.04. The van der Waals surface area contributed by atoms with Gasteiger partial charge in [-0.3, -0.25) is 4.79 Å². The normalized spacial score (nSPS) is 16.0. The lowest BCUT2D eigenvalue weighted by molar-refractivity contribution is -0.133. The van der Waals surface area contributed by atoms with Gasteiger partial charge in [0.15, 0.2) is 10.7 Å². The molecule has 0 radical (unpaired) electrons. The maximum atomic E-state index is 12.3. The zero-order valence-electron chi connectivity index (χ0n) is 12.0. The Kier molecular flexibility index (Phi) is 3.33. The molecule has 110 valence electrons. The van der Waals surface area contributed by atoms with Crippen molar-refractivity contribution >= 4 is 28.1 Å². The van der Waals surface area contributed by atoms with Crippen LogP contribution in [0.2, 0.25) is 0 Å². The maximum Gasteiger partial charge on any atom is 0.268 e. The van der Waals surface area contributed by atoms with Gasteiger partial charge in [-0.05, 0) is 31.0 Å². The van der Waals surface area contributed by atoms with Crippen LogP contribution in [0.5, 0.6) is 5.75 Å². The number of nitrogens with two attached hydrogens (primary N) is 1. The van der Waals surface area contributed by atoms with Gasteiger partial charge in [0.25, 0.3) is 5.91 Å². The fraction of sp³-hybridized carbons (Fsp3) is 0.333. The smallest absolute Gasteiger partial charge is 0.268 e. The van der Waals surface area contributed by atoms with Crippen LogP contribution in [0.15, 0.2) is 23.6 Å². The molecule has 0 fully saturated rings. The second-order valence-corrected chi connectivity index (χ2v) is 5.93. The number of hydrogen-bond donors (Lipinski definition) is 2. The number of benzene rings is 1. The Morgan fingerprint density at radius 2 is 2.14 bits per heavy atom. The van der Waals surface area contributed by atoms with Crippen molar-refractivity contribution in [3.05, 3.63) is 23.6 Å². The molecule has 0 saturated carbocycles. The highest BCUT2D eigenvalue weighted by Gasteiger charge is 2.41. The first-order chi connectivity index (χ1) is 10.1. The molecule has 3 N–H and O–H groups in total. The predicted octanol–water partition coefficient (Wildman–Crippen LogP) is 3.28. The summed E-state index contributed by atoms with van der Waals surface area (Å²) >= 11 is 1.39. The molecular weight excluding hydrogens is 286 g/mol. The number of hydrogen-bond acceptors (Lipinski definition) is 5. The van der Waals surface area contributed by atoms with Crippen molar-refractivity contribution in [2.45, 2.75) is 32.3 Å². The van der Waals surface area contributed by atoms with Crippen LogP contribution < -0.4 is 15.8 Å². The SMILES string of the molecule is CCC1(CC)Oc2ccc(-c3csc(N)n3)cc2NC1=O. The zero-order chi connectivity index (χ0) is 15.0. The van der Waals surface area contributed by atoms with E-state index in [0.29, 0.717) is 29.4 Å². The first-order valence-electron chi connectivity index (χ1n) is 6.94. The van der Waals surface area contributed by atoms with E-state index in [-0.39, 0.29) is 5.91 Å². The number of carbonyl (C=O) groups is 1. The monoisotopic (exact) mass is 303 g/mol. The number of carbonyl (C=O) groups excluding carboxylic acids is 1. The van der Waals surface area contributed by atoms with Gasteiger partial charge >= 0.3 is 0 Å². The molecule has 5 nitrogen and oxygen atoms in total. The third-order valence-corrected chi connectivity index (χ3v) is 4.58. The first-order valence-corrected chi connectivity index (χ1v) is 7.82. The lowest BCUT2D eigenvalue weighted by Gasteiger charge is -2.36. The van der Waals surface area contributed by atoms with E-state index in [9.17, 15) is 4.79 Å². The molecule has 2 aromatic rings. The van der Waals surface area contributed by atoms with Crippen molar-refractivity contribution < 1.29 is 9.53 Å². The number of fused-ring (bicyclic) bond motifs is 1. The van der Waals surface area contributed by atoms with Crippen molar-refractivity contribution in [3.8, 4) is 17.0 Å². The highest BCUT2D eigenvalue weighted by Crippen LogP contribution is 2.39. The van der Waals surface area contributed by atoms with Crippen LogP contribution in [-0.2, 0) is 4.79 Å². The van der Waals surface area contributed by atoms with Crippen LogP contribution in [0, 0.1) is 0 Å². The topological polar surface area (TPSA) is 77.2 Å². The number of aromatic nitrogens is 1. The Morgan fingerprint density at radius 1 is 1.38 bits per heavy atom. The molecule has 21 heavy (non-hydrogen) atoms. The largest absolute Gasteiger partial charge is 0.475 e. The van der Waals surface area contributed by atoms with Crippen LogP contribution in [-0.4, -0.2) is 16.5 Å². The molecule has 0 spiro atoms. The number of thiazole rings is 1. The molecule has 0 unspecified atom stereocenters. The highest BCUT2D eigenvalue weighted by molar-refractivity contribution is 7.13. The summed E-state index contributed by atoms with van der Waals surface area (Å²) in [5.41, 5.74) is 7.29. The molecule has 1 aliphatic heterocycles. The molecule has 6 heteroatoms. The third kappa shape index (κ3) is 2.25. The van der Waals surface area contributed by atoms with E-state index in [2.05, 4.69) is 10.3 Å². The summed E-state index contributed by atoms with van der Waals surface area (Å²) < 4.78 is 5.97. The molecule has 0 bridgehead atoms. The molecule has 2 heterocycles. The number of nitrogens with zero attached hydrogens (tertiary/aromatic N) is 1. The predicted molar refractivity (Wildman–Crippen MR) is 84.5 cm³/mol. The van der Waals surface area contributed by atoms with Crippen molar-refractivity contribution in [2.75, 3.05) is 11.1 Å². The Bertz CT molecular complexity index is 692. The standard InChI is InChI=1S/C15H17N3O2S/c1-3-15(4-2)13(19)17-10-7-9(5-6-12(10)20-15)11-8-21-14(16)18-11/h5-8H,3-4H2,1-2H3,(H2,16,18)(H,17,19). The van der Waals surface area contributed by atoms with E-state index in [4.69, 9.17) is 10.5 Å². The minimum absolute atomic E-state index is 0.0880. The molecule has 3 rings (SSSR count). The summed E-state index contributed by atoms with van der Waals surface area (Å²) in [5.74, 6) is 0.611. The van der Waals surface area contributed by atoms with Crippen LogP contribution in [0.4, 0.5) is 10.8 Å². The first kappa shape index (κ1) is 13.9. The molecule has 1 aromatic heterocycles. The highest BCUT2D eigenvalue weighted by atomic mass is 32.1. The number of rotatable bonds is 3. The number of amides is 1. The van der Waals surface area contributed by atoms with Crippen LogP contribution >= 0.6 is 11.3 Å².